The molecule has 1 heteroatoms. The highest BCUT2D eigenvalue weighted by Crippen LogP contribution is 2.11. The van der Waals surface area contributed by atoms with E-state index in [1.165, 1.54) is 23.3 Å². The Morgan fingerprint density at radius 3 is 2.08 bits per heavy atom. The zero-order chi connectivity index (χ0) is 10.4. The molecule has 0 fully saturated rings. The maximum Gasteiger partial charge on any atom is 0.0169 e. The minimum absolute atomic E-state index is 1.14. The second kappa shape index (κ2) is 5.85. The third kappa shape index (κ3) is 4.76. The van der Waals surface area contributed by atoms with Crippen molar-refractivity contribution >= 4 is 0 Å². The van der Waals surface area contributed by atoms with Crippen molar-refractivity contribution in [1.82, 2.24) is 4.90 Å². The number of hydrogen-bond donors (Lipinski definition) is 0. The summed E-state index contributed by atoms with van der Waals surface area (Å²) >= 11 is 0. The molecular weight excluding hydrogens is 158 g/mol. The number of rotatable bonds is 4. The van der Waals surface area contributed by atoms with Gasteiger partial charge in [-0.05, 0) is 39.7 Å². The van der Waals surface area contributed by atoms with E-state index in [0.717, 1.165) is 6.54 Å². The maximum atomic E-state index is 2.31. The van der Waals surface area contributed by atoms with Gasteiger partial charge in [-0.3, -0.25) is 0 Å². The van der Waals surface area contributed by atoms with Gasteiger partial charge >= 0.3 is 0 Å². The van der Waals surface area contributed by atoms with Crippen LogP contribution in [0.5, 0.6) is 0 Å². The second-order valence-corrected chi connectivity index (χ2v) is 3.91. The lowest BCUT2D eigenvalue weighted by Crippen LogP contribution is -2.17. The first-order chi connectivity index (χ1) is 5.99. The Bertz CT molecular complexity index is 207. The van der Waals surface area contributed by atoms with Crippen LogP contribution < -0.4 is 0 Å². The molecule has 0 aliphatic carbocycles. The number of nitrogens with zero attached hydrogens (tertiary/aromatic N) is 1. The Morgan fingerprint density at radius 2 is 1.69 bits per heavy atom. The molecule has 0 rings (SSSR count). The Kier molecular flexibility index (Phi) is 5.52. The lowest BCUT2D eigenvalue weighted by Gasteiger charge is -2.20. The quantitative estimate of drug-likeness (QED) is 0.599. The van der Waals surface area contributed by atoms with Crippen LogP contribution in [0.15, 0.2) is 22.9 Å². The first kappa shape index (κ1) is 12.3. The Morgan fingerprint density at radius 1 is 1.15 bits per heavy atom. The lowest BCUT2D eigenvalue weighted by molar-refractivity contribution is 0.414. The second-order valence-electron chi connectivity index (χ2n) is 3.91. The Balaban J connectivity index is 4.51. The summed E-state index contributed by atoms with van der Waals surface area (Å²) in [5, 5.41) is 0. The monoisotopic (exact) mass is 181 g/mol. The number of hydrogen-bond acceptors (Lipinski definition) is 1. The summed E-state index contributed by atoms with van der Waals surface area (Å²) in [6, 6.07) is 0. The van der Waals surface area contributed by atoms with Gasteiger partial charge in [-0.15, -0.1) is 0 Å². The fourth-order valence-electron chi connectivity index (χ4n) is 1.34. The van der Waals surface area contributed by atoms with Crippen LogP contribution >= 0.6 is 0 Å². The van der Waals surface area contributed by atoms with Gasteiger partial charge in [0.2, 0.25) is 0 Å². The summed E-state index contributed by atoms with van der Waals surface area (Å²) in [7, 11) is 2.15. The van der Waals surface area contributed by atoms with Crippen LogP contribution in [0.4, 0.5) is 0 Å². The smallest absolute Gasteiger partial charge is 0.0169 e. The molecule has 0 aromatic carbocycles. The molecule has 76 valence electrons. The van der Waals surface area contributed by atoms with Crippen molar-refractivity contribution in [1.29, 1.82) is 0 Å². The van der Waals surface area contributed by atoms with E-state index in [0.29, 0.717) is 0 Å². The van der Waals surface area contributed by atoms with E-state index in [-0.39, 0.29) is 0 Å². The SMILES string of the molecule is CCCN(C)/C(C)=C(\C)C=C(C)C. The van der Waals surface area contributed by atoms with Crippen LogP contribution in [0, 0.1) is 0 Å². The van der Waals surface area contributed by atoms with Crippen LogP contribution in [0.25, 0.3) is 0 Å². The lowest BCUT2D eigenvalue weighted by atomic mass is 10.1. The highest BCUT2D eigenvalue weighted by Gasteiger charge is 1.99. The predicted octanol–water partition coefficient (Wildman–Crippen LogP) is 3.59. The molecule has 1 nitrogen and oxygen atoms in total. The molecule has 0 aliphatic heterocycles. The molecule has 0 N–H and O–H groups in total. The average molecular weight is 181 g/mol. The van der Waals surface area contributed by atoms with Gasteiger partial charge in [0.25, 0.3) is 0 Å². The van der Waals surface area contributed by atoms with E-state index in [2.05, 4.69) is 52.6 Å². The number of allylic oxidation sites excluding steroid dienone is 4. The molecule has 0 bridgehead atoms. The molecule has 0 aromatic heterocycles. The van der Waals surface area contributed by atoms with Gasteiger partial charge in [-0.1, -0.05) is 18.6 Å². The predicted molar refractivity (Wildman–Crippen MR) is 60.7 cm³/mol. The van der Waals surface area contributed by atoms with E-state index in [1.54, 1.807) is 0 Å². The van der Waals surface area contributed by atoms with E-state index >= 15 is 0 Å². The van der Waals surface area contributed by atoms with Gasteiger partial charge in [-0.25, -0.2) is 0 Å². The third-order valence-corrected chi connectivity index (χ3v) is 2.21. The summed E-state index contributed by atoms with van der Waals surface area (Å²) < 4.78 is 0. The van der Waals surface area contributed by atoms with Gasteiger partial charge in [0, 0.05) is 19.3 Å². The van der Waals surface area contributed by atoms with Crippen LogP contribution in [-0.2, 0) is 0 Å². The van der Waals surface area contributed by atoms with E-state index < -0.39 is 0 Å². The van der Waals surface area contributed by atoms with Gasteiger partial charge in [-0.2, -0.15) is 0 Å². The molecule has 0 spiro atoms. The van der Waals surface area contributed by atoms with Crippen LogP contribution in [-0.4, -0.2) is 18.5 Å². The Labute approximate surface area is 83.1 Å². The highest BCUT2D eigenvalue weighted by molar-refractivity contribution is 5.24. The summed E-state index contributed by atoms with van der Waals surface area (Å²) in [6.07, 6.45) is 3.44. The van der Waals surface area contributed by atoms with Crippen LogP contribution in [0.1, 0.15) is 41.0 Å². The summed E-state index contributed by atoms with van der Waals surface area (Å²) in [4.78, 5) is 2.31. The van der Waals surface area contributed by atoms with Crippen molar-refractivity contribution in [3.63, 3.8) is 0 Å². The first-order valence-electron chi connectivity index (χ1n) is 5.02. The largest absolute Gasteiger partial charge is 0.378 e. The molecule has 0 aliphatic rings. The third-order valence-electron chi connectivity index (χ3n) is 2.21. The standard InChI is InChI=1S/C12H23N/c1-7-8-13(6)12(5)11(4)9-10(2)3/h9H,7-8H2,1-6H3/b12-11+. The minimum Gasteiger partial charge on any atom is -0.378 e. The fraction of sp³-hybridized carbons (Fsp3) is 0.667. The summed E-state index contributed by atoms with van der Waals surface area (Å²) in [5.74, 6) is 0. The van der Waals surface area contributed by atoms with Crippen molar-refractivity contribution in [2.45, 2.75) is 41.0 Å². The van der Waals surface area contributed by atoms with Gasteiger partial charge in [0.15, 0.2) is 0 Å². The molecular formula is C12H23N. The zero-order valence-corrected chi connectivity index (χ0v) is 9.94. The van der Waals surface area contributed by atoms with Crippen molar-refractivity contribution in [2.75, 3.05) is 13.6 Å². The van der Waals surface area contributed by atoms with Gasteiger partial charge < -0.3 is 4.90 Å². The molecule has 0 amide bonds. The van der Waals surface area contributed by atoms with E-state index in [1.807, 2.05) is 0 Å². The van der Waals surface area contributed by atoms with Crippen molar-refractivity contribution in [3.8, 4) is 0 Å². The minimum atomic E-state index is 1.14. The molecule has 0 atom stereocenters. The van der Waals surface area contributed by atoms with E-state index in [9.17, 15) is 0 Å². The van der Waals surface area contributed by atoms with Gasteiger partial charge in [0.05, 0.1) is 0 Å². The van der Waals surface area contributed by atoms with Crippen LogP contribution in [0.2, 0.25) is 0 Å². The molecule has 0 unspecified atom stereocenters. The molecule has 13 heavy (non-hydrogen) atoms. The molecule has 0 saturated heterocycles. The van der Waals surface area contributed by atoms with Crippen molar-refractivity contribution in [3.05, 3.63) is 22.9 Å². The van der Waals surface area contributed by atoms with Gasteiger partial charge in [0.1, 0.15) is 0 Å². The van der Waals surface area contributed by atoms with E-state index in [4.69, 9.17) is 0 Å². The first-order valence-corrected chi connectivity index (χ1v) is 5.02. The van der Waals surface area contributed by atoms with Crippen LogP contribution in [0.3, 0.4) is 0 Å². The van der Waals surface area contributed by atoms with Crippen molar-refractivity contribution in [2.24, 2.45) is 0 Å². The fourth-order valence-corrected chi connectivity index (χ4v) is 1.34. The Hall–Kier alpha value is -0.720. The maximum absolute atomic E-state index is 2.31. The molecule has 0 saturated carbocycles. The topological polar surface area (TPSA) is 3.24 Å². The molecule has 0 heterocycles. The highest BCUT2D eigenvalue weighted by atomic mass is 15.1. The average Bonchev–Trinajstić information content (AvgIpc) is 2.02. The van der Waals surface area contributed by atoms with Crippen molar-refractivity contribution < 1.29 is 0 Å². The summed E-state index contributed by atoms with van der Waals surface area (Å²) in [6.45, 7) is 12.0. The normalized spacial score (nSPS) is 12.2. The zero-order valence-electron chi connectivity index (χ0n) is 9.94. The molecule has 0 aromatic rings. The molecule has 0 radical (unpaired) electrons. The summed E-state index contributed by atoms with van der Waals surface area (Å²) in [5.41, 5.74) is 4.11.